The first kappa shape index (κ1) is 9.88. The maximum atomic E-state index is 8.52. The molecule has 1 heterocycles. The van der Waals surface area contributed by atoms with Gasteiger partial charge in [-0.25, -0.2) is 0 Å². The third kappa shape index (κ3) is 3.82. The molecule has 70 valence electrons. The summed E-state index contributed by atoms with van der Waals surface area (Å²) in [6.45, 7) is 0.523. The van der Waals surface area contributed by atoms with E-state index in [-0.39, 0.29) is 6.61 Å². The van der Waals surface area contributed by atoms with Crippen LogP contribution in [0.25, 0.3) is 0 Å². The van der Waals surface area contributed by atoms with Crippen molar-refractivity contribution in [1.82, 2.24) is 10.3 Å². The SMILES string of the molecule is OCCNC(=S)Nc1ccncc1. The molecule has 0 aliphatic heterocycles. The first-order valence-corrected chi connectivity index (χ1v) is 4.29. The zero-order valence-corrected chi connectivity index (χ0v) is 7.84. The van der Waals surface area contributed by atoms with Crippen LogP contribution in [-0.2, 0) is 0 Å². The highest BCUT2D eigenvalue weighted by Crippen LogP contribution is 2.01. The van der Waals surface area contributed by atoms with Crippen molar-refractivity contribution in [3.63, 3.8) is 0 Å². The minimum atomic E-state index is 0.0676. The van der Waals surface area contributed by atoms with Crippen molar-refractivity contribution in [1.29, 1.82) is 0 Å². The van der Waals surface area contributed by atoms with Crippen molar-refractivity contribution in [3.05, 3.63) is 24.5 Å². The summed E-state index contributed by atoms with van der Waals surface area (Å²) in [5.74, 6) is 0. The molecule has 1 rings (SSSR count). The Morgan fingerprint density at radius 3 is 2.77 bits per heavy atom. The number of hydrogen-bond donors (Lipinski definition) is 3. The summed E-state index contributed by atoms with van der Waals surface area (Å²) in [7, 11) is 0. The zero-order chi connectivity index (χ0) is 9.52. The fraction of sp³-hybridized carbons (Fsp3) is 0.250. The molecule has 0 fully saturated rings. The molecule has 0 spiro atoms. The highest BCUT2D eigenvalue weighted by molar-refractivity contribution is 7.80. The minimum Gasteiger partial charge on any atom is -0.395 e. The lowest BCUT2D eigenvalue weighted by molar-refractivity contribution is 0.301. The van der Waals surface area contributed by atoms with E-state index < -0.39 is 0 Å². The van der Waals surface area contributed by atoms with Crippen LogP contribution in [-0.4, -0.2) is 28.4 Å². The Labute approximate surface area is 82.0 Å². The fourth-order valence-electron chi connectivity index (χ4n) is 0.780. The number of pyridine rings is 1. The third-order valence-electron chi connectivity index (χ3n) is 1.34. The molecule has 1 aromatic heterocycles. The van der Waals surface area contributed by atoms with Gasteiger partial charge >= 0.3 is 0 Å². The lowest BCUT2D eigenvalue weighted by atomic mass is 10.4. The number of hydrogen-bond acceptors (Lipinski definition) is 3. The molecule has 0 saturated heterocycles. The molecule has 0 aromatic carbocycles. The molecule has 0 unspecified atom stereocenters. The van der Waals surface area contributed by atoms with Gasteiger partial charge in [0.1, 0.15) is 0 Å². The molecule has 0 bridgehead atoms. The maximum absolute atomic E-state index is 8.52. The van der Waals surface area contributed by atoms with Crippen LogP contribution in [0.2, 0.25) is 0 Å². The van der Waals surface area contributed by atoms with Gasteiger partial charge in [0.2, 0.25) is 0 Å². The molecule has 0 atom stereocenters. The summed E-state index contributed by atoms with van der Waals surface area (Å²) in [6.07, 6.45) is 3.36. The summed E-state index contributed by atoms with van der Waals surface area (Å²) in [5, 5.41) is 14.8. The van der Waals surface area contributed by atoms with Crippen LogP contribution in [0.5, 0.6) is 0 Å². The van der Waals surface area contributed by atoms with Crippen LogP contribution in [0.15, 0.2) is 24.5 Å². The van der Waals surface area contributed by atoms with E-state index in [1.165, 1.54) is 0 Å². The van der Waals surface area contributed by atoms with Gasteiger partial charge < -0.3 is 15.7 Å². The average molecular weight is 197 g/mol. The molecule has 0 aliphatic carbocycles. The Morgan fingerprint density at radius 2 is 2.15 bits per heavy atom. The summed E-state index contributed by atoms with van der Waals surface area (Å²) in [6, 6.07) is 3.62. The van der Waals surface area contributed by atoms with E-state index in [0.717, 1.165) is 5.69 Å². The van der Waals surface area contributed by atoms with E-state index in [0.29, 0.717) is 11.7 Å². The Hall–Kier alpha value is -1.20. The Bertz CT molecular complexity index is 265. The van der Waals surface area contributed by atoms with Crippen LogP contribution in [0.4, 0.5) is 5.69 Å². The molecule has 0 radical (unpaired) electrons. The number of aliphatic hydroxyl groups is 1. The van der Waals surface area contributed by atoms with Crippen molar-refractivity contribution >= 4 is 23.0 Å². The predicted molar refractivity (Wildman–Crippen MR) is 55.5 cm³/mol. The first-order chi connectivity index (χ1) is 6.33. The van der Waals surface area contributed by atoms with Crippen molar-refractivity contribution < 1.29 is 5.11 Å². The van der Waals surface area contributed by atoms with Gasteiger partial charge in [-0.15, -0.1) is 0 Å². The Kier molecular flexibility index (Phi) is 4.14. The second-order valence-corrected chi connectivity index (χ2v) is 2.75. The number of nitrogens with zero attached hydrogens (tertiary/aromatic N) is 1. The van der Waals surface area contributed by atoms with E-state index in [2.05, 4.69) is 15.6 Å². The lowest BCUT2D eigenvalue weighted by Gasteiger charge is -2.08. The van der Waals surface area contributed by atoms with Gasteiger partial charge in [-0.2, -0.15) is 0 Å². The van der Waals surface area contributed by atoms with Crippen LogP contribution < -0.4 is 10.6 Å². The molecule has 0 aliphatic rings. The van der Waals surface area contributed by atoms with Gasteiger partial charge in [-0.3, -0.25) is 4.98 Å². The molecule has 3 N–H and O–H groups in total. The maximum Gasteiger partial charge on any atom is 0.170 e. The normalized spacial score (nSPS) is 9.31. The molecule has 1 aromatic rings. The quantitative estimate of drug-likeness (QED) is 0.611. The van der Waals surface area contributed by atoms with Crippen molar-refractivity contribution in [2.75, 3.05) is 18.5 Å². The third-order valence-corrected chi connectivity index (χ3v) is 1.58. The van der Waals surface area contributed by atoms with Crippen molar-refractivity contribution in [3.8, 4) is 0 Å². The van der Waals surface area contributed by atoms with E-state index in [9.17, 15) is 0 Å². The average Bonchev–Trinajstić information content (AvgIpc) is 2.16. The minimum absolute atomic E-state index is 0.0676. The van der Waals surface area contributed by atoms with Gasteiger partial charge in [0.25, 0.3) is 0 Å². The number of aromatic nitrogens is 1. The summed E-state index contributed by atoms with van der Waals surface area (Å²) >= 11 is 4.95. The number of rotatable bonds is 3. The molecule has 0 saturated carbocycles. The number of anilines is 1. The number of aliphatic hydroxyl groups excluding tert-OH is 1. The monoisotopic (exact) mass is 197 g/mol. The van der Waals surface area contributed by atoms with Gasteiger partial charge in [-0.05, 0) is 24.4 Å². The van der Waals surface area contributed by atoms with Gasteiger partial charge in [-0.1, -0.05) is 0 Å². The Morgan fingerprint density at radius 1 is 1.46 bits per heavy atom. The smallest absolute Gasteiger partial charge is 0.170 e. The van der Waals surface area contributed by atoms with Crippen LogP contribution in [0.3, 0.4) is 0 Å². The summed E-state index contributed by atoms with van der Waals surface area (Å²) in [5.41, 5.74) is 0.880. The molecule has 13 heavy (non-hydrogen) atoms. The summed E-state index contributed by atoms with van der Waals surface area (Å²) in [4.78, 5) is 3.87. The standard InChI is InChI=1S/C8H11N3OS/c12-6-5-10-8(13)11-7-1-3-9-4-2-7/h1-4,12H,5-6H2,(H2,9,10,11,13). The highest BCUT2D eigenvalue weighted by Gasteiger charge is 1.94. The van der Waals surface area contributed by atoms with Crippen LogP contribution in [0.1, 0.15) is 0 Å². The number of nitrogens with one attached hydrogen (secondary N) is 2. The molecule has 4 nitrogen and oxygen atoms in total. The van der Waals surface area contributed by atoms with Gasteiger partial charge in [0, 0.05) is 24.6 Å². The zero-order valence-electron chi connectivity index (χ0n) is 7.03. The van der Waals surface area contributed by atoms with Gasteiger partial charge in [0.15, 0.2) is 5.11 Å². The fourth-order valence-corrected chi connectivity index (χ4v) is 1.000. The van der Waals surface area contributed by atoms with Crippen molar-refractivity contribution in [2.45, 2.75) is 0 Å². The second kappa shape index (κ2) is 5.45. The van der Waals surface area contributed by atoms with E-state index in [1.807, 2.05) is 12.1 Å². The Balaban J connectivity index is 2.37. The van der Waals surface area contributed by atoms with E-state index in [4.69, 9.17) is 17.3 Å². The lowest BCUT2D eigenvalue weighted by Crippen LogP contribution is -2.30. The topological polar surface area (TPSA) is 57.2 Å². The molecule has 0 amide bonds. The summed E-state index contributed by atoms with van der Waals surface area (Å²) < 4.78 is 0. The second-order valence-electron chi connectivity index (χ2n) is 2.34. The predicted octanol–water partition coefficient (Wildman–Crippen LogP) is 0.360. The van der Waals surface area contributed by atoms with Crippen molar-refractivity contribution in [2.24, 2.45) is 0 Å². The first-order valence-electron chi connectivity index (χ1n) is 3.88. The van der Waals surface area contributed by atoms with Gasteiger partial charge in [0.05, 0.1) is 6.61 Å². The van der Waals surface area contributed by atoms with Crippen LogP contribution >= 0.6 is 12.2 Å². The largest absolute Gasteiger partial charge is 0.395 e. The number of thiocarbonyl (C=S) groups is 1. The van der Waals surface area contributed by atoms with E-state index >= 15 is 0 Å². The molecule has 5 heteroatoms. The molecular formula is C8H11N3OS. The highest BCUT2D eigenvalue weighted by atomic mass is 32.1. The molecular weight excluding hydrogens is 186 g/mol. The van der Waals surface area contributed by atoms with Crippen LogP contribution in [0, 0.1) is 0 Å². The van der Waals surface area contributed by atoms with E-state index in [1.54, 1.807) is 12.4 Å².